The van der Waals surface area contributed by atoms with Gasteiger partial charge in [0, 0.05) is 25.0 Å². The zero-order chi connectivity index (χ0) is 20.1. The molecule has 0 spiro atoms. The largest absolute Gasteiger partial charge is 0.351 e. The Morgan fingerprint density at radius 3 is 2.07 bits per heavy atom. The van der Waals surface area contributed by atoms with Crippen LogP contribution in [-0.4, -0.2) is 37.3 Å². The number of nitrogens with zero attached hydrogens (tertiary/aromatic N) is 1. The monoisotopic (exact) mass is 416 g/mol. The molecule has 1 saturated heterocycles. The fraction of sp³-hybridized carbons (Fsp3) is 0.696. The first-order valence-corrected chi connectivity index (χ1v) is 12.7. The fourth-order valence-electron chi connectivity index (χ4n) is 6.97. The van der Waals surface area contributed by atoms with Gasteiger partial charge in [-0.05, 0) is 87.2 Å². The summed E-state index contributed by atoms with van der Waals surface area (Å²) in [5.41, 5.74) is 0.0726. The molecular formula is C23H32N2O3S. The second-order valence-electron chi connectivity index (χ2n) is 10.1. The van der Waals surface area contributed by atoms with Crippen LogP contribution in [0.4, 0.5) is 0 Å². The summed E-state index contributed by atoms with van der Waals surface area (Å²) in [5.74, 6) is 2.95. The Kier molecular flexibility index (Phi) is 4.98. The van der Waals surface area contributed by atoms with E-state index in [1.54, 1.807) is 28.6 Å². The highest BCUT2D eigenvalue weighted by molar-refractivity contribution is 7.89. The lowest BCUT2D eigenvalue weighted by molar-refractivity contribution is -0.128. The molecule has 1 heterocycles. The van der Waals surface area contributed by atoms with Gasteiger partial charge in [0.2, 0.25) is 15.9 Å². The van der Waals surface area contributed by atoms with Crippen molar-refractivity contribution in [3.63, 3.8) is 0 Å². The third-order valence-corrected chi connectivity index (χ3v) is 9.78. The van der Waals surface area contributed by atoms with Crippen LogP contribution in [0.1, 0.15) is 57.8 Å². The van der Waals surface area contributed by atoms with Gasteiger partial charge in [-0.3, -0.25) is 4.79 Å². The second kappa shape index (κ2) is 7.38. The van der Waals surface area contributed by atoms with Gasteiger partial charge in [0.15, 0.2) is 0 Å². The van der Waals surface area contributed by atoms with Crippen LogP contribution in [0.25, 0.3) is 0 Å². The Hall–Kier alpha value is -1.40. The molecule has 5 fully saturated rings. The molecule has 5 aliphatic rings. The van der Waals surface area contributed by atoms with Crippen molar-refractivity contribution in [2.24, 2.45) is 23.7 Å². The van der Waals surface area contributed by atoms with Gasteiger partial charge in [-0.2, -0.15) is 4.31 Å². The summed E-state index contributed by atoms with van der Waals surface area (Å²) < 4.78 is 27.1. The minimum absolute atomic E-state index is 0.0726. The summed E-state index contributed by atoms with van der Waals surface area (Å²) in [6.45, 7) is 1.01. The molecule has 4 bridgehead atoms. The van der Waals surface area contributed by atoms with E-state index in [0.717, 1.165) is 30.6 Å². The van der Waals surface area contributed by atoms with Crippen LogP contribution in [0, 0.1) is 23.7 Å². The van der Waals surface area contributed by atoms with Crippen LogP contribution >= 0.6 is 0 Å². The summed E-state index contributed by atoms with van der Waals surface area (Å²) in [5, 5.41) is 3.47. The molecule has 6 rings (SSSR count). The highest BCUT2D eigenvalue weighted by Crippen LogP contribution is 2.55. The average molecular weight is 417 g/mol. The van der Waals surface area contributed by atoms with Crippen LogP contribution in [-0.2, 0) is 14.8 Å². The van der Waals surface area contributed by atoms with Crippen molar-refractivity contribution >= 4 is 15.9 Å². The molecule has 1 amide bonds. The third-order valence-electron chi connectivity index (χ3n) is 7.87. The highest BCUT2D eigenvalue weighted by Gasteiger charge is 2.51. The Morgan fingerprint density at radius 2 is 1.52 bits per heavy atom. The van der Waals surface area contributed by atoms with Gasteiger partial charge in [-0.1, -0.05) is 18.2 Å². The van der Waals surface area contributed by atoms with Crippen LogP contribution < -0.4 is 5.32 Å². The molecule has 5 nitrogen and oxygen atoms in total. The van der Waals surface area contributed by atoms with Crippen molar-refractivity contribution in [1.82, 2.24) is 9.62 Å². The van der Waals surface area contributed by atoms with Gasteiger partial charge in [0.1, 0.15) is 0 Å². The van der Waals surface area contributed by atoms with E-state index >= 15 is 0 Å². The number of sulfonamides is 1. The van der Waals surface area contributed by atoms with E-state index < -0.39 is 10.0 Å². The van der Waals surface area contributed by atoms with Crippen molar-refractivity contribution in [2.45, 2.75) is 68.2 Å². The number of carbonyl (C=O) groups excluding carboxylic acids is 1. The van der Waals surface area contributed by atoms with Crippen molar-refractivity contribution in [3.8, 4) is 0 Å². The molecule has 1 aromatic rings. The predicted octanol–water partition coefficient (Wildman–Crippen LogP) is 3.56. The van der Waals surface area contributed by atoms with Gasteiger partial charge < -0.3 is 5.32 Å². The molecule has 158 valence electrons. The minimum atomic E-state index is -3.42. The lowest BCUT2D eigenvalue weighted by Crippen LogP contribution is -2.60. The minimum Gasteiger partial charge on any atom is -0.351 e. The van der Waals surface area contributed by atoms with E-state index in [2.05, 4.69) is 5.32 Å². The number of nitrogens with one attached hydrogen (secondary N) is 1. The molecular weight excluding hydrogens is 384 g/mol. The molecule has 0 aromatic heterocycles. The molecule has 4 aliphatic carbocycles. The average Bonchev–Trinajstić information content (AvgIpc) is 2.67. The first kappa shape index (κ1) is 19.6. The molecule has 1 aromatic carbocycles. The zero-order valence-electron chi connectivity index (χ0n) is 17.1. The van der Waals surface area contributed by atoms with Crippen molar-refractivity contribution in [1.29, 1.82) is 0 Å². The number of carbonyl (C=O) groups is 1. The van der Waals surface area contributed by atoms with Gasteiger partial charge in [0.25, 0.3) is 0 Å². The van der Waals surface area contributed by atoms with E-state index in [1.165, 1.54) is 38.5 Å². The zero-order valence-corrected chi connectivity index (χ0v) is 17.9. The van der Waals surface area contributed by atoms with E-state index in [4.69, 9.17) is 0 Å². The lowest BCUT2D eigenvalue weighted by atomic mass is 9.53. The van der Waals surface area contributed by atoms with Crippen molar-refractivity contribution < 1.29 is 13.2 Å². The molecule has 6 heteroatoms. The standard InChI is InChI=1S/C23H32N2O3S/c26-22(24-23-14-18-10-19(15-23)12-20(11-18)16-23)13-17-6-8-25(9-7-17)29(27,28)21-4-2-1-3-5-21/h1-5,17-20H,6-16H2,(H,24,26). The normalized spacial score (nSPS) is 35.0. The van der Waals surface area contributed by atoms with Crippen LogP contribution in [0.15, 0.2) is 35.2 Å². The summed E-state index contributed by atoms with van der Waals surface area (Å²) in [6.07, 6.45) is 9.74. The number of rotatable bonds is 5. The fourth-order valence-corrected chi connectivity index (χ4v) is 8.46. The van der Waals surface area contributed by atoms with E-state index in [1.807, 2.05) is 6.07 Å². The summed E-state index contributed by atoms with van der Waals surface area (Å²) in [7, 11) is -3.42. The van der Waals surface area contributed by atoms with Gasteiger partial charge in [0.05, 0.1) is 4.90 Å². The predicted molar refractivity (Wildman–Crippen MR) is 112 cm³/mol. The SMILES string of the molecule is O=C(CC1CCN(S(=O)(=O)c2ccccc2)CC1)NC12CC3CC(CC(C3)C1)C2. The highest BCUT2D eigenvalue weighted by atomic mass is 32.2. The Balaban J connectivity index is 1.15. The molecule has 0 radical (unpaired) electrons. The van der Waals surface area contributed by atoms with Crippen LogP contribution in [0.5, 0.6) is 0 Å². The topological polar surface area (TPSA) is 66.5 Å². The Labute approximate surface area is 174 Å². The summed E-state index contributed by atoms with van der Waals surface area (Å²) in [4.78, 5) is 13.2. The first-order chi connectivity index (χ1) is 13.9. The first-order valence-electron chi connectivity index (χ1n) is 11.3. The molecule has 4 saturated carbocycles. The maximum absolute atomic E-state index is 12.9. The van der Waals surface area contributed by atoms with Crippen molar-refractivity contribution in [3.05, 3.63) is 30.3 Å². The van der Waals surface area contributed by atoms with Crippen molar-refractivity contribution in [2.75, 3.05) is 13.1 Å². The lowest BCUT2D eigenvalue weighted by Gasteiger charge is -2.57. The second-order valence-corrected chi connectivity index (χ2v) is 12.0. The van der Waals surface area contributed by atoms with E-state index in [-0.39, 0.29) is 17.4 Å². The number of hydrogen-bond donors (Lipinski definition) is 1. The Morgan fingerprint density at radius 1 is 0.966 bits per heavy atom. The quantitative estimate of drug-likeness (QED) is 0.798. The number of benzene rings is 1. The van der Waals surface area contributed by atoms with Gasteiger partial charge in [-0.25, -0.2) is 8.42 Å². The van der Waals surface area contributed by atoms with E-state index in [9.17, 15) is 13.2 Å². The Bertz CT molecular complexity index is 824. The third kappa shape index (κ3) is 3.86. The van der Waals surface area contributed by atoms with Crippen LogP contribution in [0.2, 0.25) is 0 Å². The summed E-state index contributed by atoms with van der Waals surface area (Å²) >= 11 is 0. The summed E-state index contributed by atoms with van der Waals surface area (Å²) in [6, 6.07) is 8.65. The molecule has 0 atom stereocenters. The number of hydrogen-bond acceptors (Lipinski definition) is 3. The molecule has 29 heavy (non-hydrogen) atoms. The maximum Gasteiger partial charge on any atom is 0.243 e. The number of amides is 1. The number of piperidine rings is 1. The van der Waals surface area contributed by atoms with E-state index in [0.29, 0.717) is 24.4 Å². The molecule has 1 aliphatic heterocycles. The molecule has 1 N–H and O–H groups in total. The van der Waals surface area contributed by atoms with Crippen LogP contribution in [0.3, 0.4) is 0 Å². The van der Waals surface area contributed by atoms with Gasteiger partial charge >= 0.3 is 0 Å². The van der Waals surface area contributed by atoms with Gasteiger partial charge in [-0.15, -0.1) is 0 Å². The molecule has 0 unspecified atom stereocenters. The smallest absolute Gasteiger partial charge is 0.243 e. The maximum atomic E-state index is 12.9.